The maximum atomic E-state index is 4.09. The fourth-order valence-corrected chi connectivity index (χ4v) is 2.36. The Kier molecular flexibility index (Phi) is 3.75. The Morgan fingerprint density at radius 3 is 3.07 bits per heavy atom. The molecule has 2 nitrogen and oxygen atoms in total. The number of rotatable bonds is 4. The second kappa shape index (κ2) is 5.28. The third-order valence-electron chi connectivity index (χ3n) is 2.03. The minimum absolute atomic E-state index is 0.939. The number of halogens is 1. The van der Waals surface area contributed by atoms with Gasteiger partial charge < -0.3 is 5.32 Å². The first-order valence-electron chi connectivity index (χ1n) is 4.70. The minimum Gasteiger partial charge on any atom is -0.383 e. The van der Waals surface area contributed by atoms with Crippen molar-refractivity contribution in [3.8, 4) is 0 Å². The molecule has 1 N–H and O–H groups in total. The Morgan fingerprint density at radius 1 is 1.40 bits per heavy atom. The van der Waals surface area contributed by atoms with Crippen molar-refractivity contribution in [2.24, 2.45) is 0 Å². The maximum absolute atomic E-state index is 4.09. The van der Waals surface area contributed by atoms with Crippen molar-refractivity contribution < 1.29 is 0 Å². The number of anilines is 1. The molecule has 0 unspecified atom stereocenters. The number of thiophene rings is 1. The van der Waals surface area contributed by atoms with E-state index in [0.29, 0.717) is 0 Å². The van der Waals surface area contributed by atoms with E-state index in [0.717, 1.165) is 23.1 Å². The van der Waals surface area contributed by atoms with Crippen LogP contribution >= 0.6 is 27.3 Å². The van der Waals surface area contributed by atoms with Crippen molar-refractivity contribution >= 4 is 33.0 Å². The smallest absolute Gasteiger partial charge is 0.0538 e. The van der Waals surface area contributed by atoms with Crippen LogP contribution in [-0.2, 0) is 6.42 Å². The molecule has 2 aromatic heterocycles. The van der Waals surface area contributed by atoms with Gasteiger partial charge in [-0.1, -0.05) is 0 Å². The van der Waals surface area contributed by atoms with Gasteiger partial charge in [0, 0.05) is 17.2 Å². The predicted molar refractivity (Wildman–Crippen MR) is 68.4 cm³/mol. The molecule has 0 spiro atoms. The molecule has 0 radical (unpaired) electrons. The van der Waals surface area contributed by atoms with Gasteiger partial charge in [0.15, 0.2) is 0 Å². The van der Waals surface area contributed by atoms with Crippen LogP contribution < -0.4 is 5.32 Å². The lowest BCUT2D eigenvalue weighted by molar-refractivity contribution is 1.02. The molecule has 0 aliphatic carbocycles. The van der Waals surface area contributed by atoms with E-state index in [1.165, 1.54) is 5.56 Å². The third-order valence-corrected chi connectivity index (χ3v) is 3.19. The molecule has 0 atom stereocenters. The van der Waals surface area contributed by atoms with Gasteiger partial charge in [-0.15, -0.1) is 0 Å². The van der Waals surface area contributed by atoms with Gasteiger partial charge in [0.25, 0.3) is 0 Å². The van der Waals surface area contributed by atoms with Gasteiger partial charge in [0.2, 0.25) is 0 Å². The summed E-state index contributed by atoms with van der Waals surface area (Å²) in [6.07, 6.45) is 4.67. The van der Waals surface area contributed by atoms with E-state index in [1.807, 2.05) is 12.3 Å². The molecule has 4 heteroatoms. The van der Waals surface area contributed by atoms with Crippen LogP contribution in [0.1, 0.15) is 5.56 Å². The largest absolute Gasteiger partial charge is 0.383 e. The molecule has 2 aromatic rings. The van der Waals surface area contributed by atoms with Crippen molar-refractivity contribution in [1.82, 2.24) is 4.98 Å². The van der Waals surface area contributed by atoms with E-state index < -0.39 is 0 Å². The first kappa shape index (κ1) is 10.6. The predicted octanol–water partition coefficient (Wildman–Crippen LogP) is 3.56. The van der Waals surface area contributed by atoms with Crippen molar-refractivity contribution in [1.29, 1.82) is 0 Å². The molecule has 15 heavy (non-hydrogen) atoms. The molecular formula is C11H11BrN2S. The van der Waals surface area contributed by atoms with Crippen molar-refractivity contribution in [2.45, 2.75) is 6.42 Å². The Morgan fingerprint density at radius 2 is 2.33 bits per heavy atom. The lowest BCUT2D eigenvalue weighted by Gasteiger charge is -2.04. The van der Waals surface area contributed by atoms with E-state index in [4.69, 9.17) is 0 Å². The highest BCUT2D eigenvalue weighted by Crippen LogP contribution is 2.14. The highest BCUT2D eigenvalue weighted by Gasteiger charge is 1.95. The summed E-state index contributed by atoms with van der Waals surface area (Å²) in [7, 11) is 0. The molecule has 0 aliphatic rings. The zero-order valence-electron chi connectivity index (χ0n) is 8.11. The van der Waals surface area contributed by atoms with Crippen molar-refractivity contribution in [3.05, 3.63) is 45.3 Å². The Hall–Kier alpha value is -0.870. The lowest BCUT2D eigenvalue weighted by Crippen LogP contribution is -2.04. The normalized spacial score (nSPS) is 10.2. The van der Waals surface area contributed by atoms with E-state index in [9.17, 15) is 0 Å². The van der Waals surface area contributed by atoms with Gasteiger partial charge in [-0.3, -0.25) is 4.98 Å². The van der Waals surface area contributed by atoms with Crippen LogP contribution in [0.3, 0.4) is 0 Å². The van der Waals surface area contributed by atoms with Crippen molar-refractivity contribution in [3.63, 3.8) is 0 Å². The SMILES string of the molecule is Brc1cncc(NCCc2ccsc2)c1. The van der Waals surface area contributed by atoms with Gasteiger partial charge in [-0.05, 0) is 50.8 Å². The first-order chi connectivity index (χ1) is 7.34. The molecule has 0 saturated heterocycles. The third kappa shape index (κ3) is 3.32. The minimum atomic E-state index is 0.939. The summed E-state index contributed by atoms with van der Waals surface area (Å²) in [5.74, 6) is 0. The lowest BCUT2D eigenvalue weighted by atomic mass is 10.2. The van der Waals surface area contributed by atoms with Crippen LogP contribution in [0.15, 0.2) is 39.8 Å². The van der Waals surface area contributed by atoms with E-state index >= 15 is 0 Å². The fourth-order valence-electron chi connectivity index (χ4n) is 1.29. The number of pyridine rings is 1. The van der Waals surface area contributed by atoms with Crippen LogP contribution in [0, 0.1) is 0 Å². The number of hydrogen-bond donors (Lipinski definition) is 1. The first-order valence-corrected chi connectivity index (χ1v) is 6.44. The summed E-state index contributed by atoms with van der Waals surface area (Å²) in [5.41, 5.74) is 2.44. The van der Waals surface area contributed by atoms with Crippen LogP contribution in [0.5, 0.6) is 0 Å². The number of nitrogens with zero attached hydrogens (tertiary/aromatic N) is 1. The summed E-state index contributed by atoms with van der Waals surface area (Å²) in [5, 5.41) is 7.62. The molecule has 2 heterocycles. The van der Waals surface area contributed by atoms with Gasteiger partial charge in [0.1, 0.15) is 0 Å². The summed E-state index contributed by atoms with van der Waals surface area (Å²) < 4.78 is 1.00. The molecular weight excluding hydrogens is 272 g/mol. The van der Waals surface area contributed by atoms with Crippen LogP contribution in [0.25, 0.3) is 0 Å². The molecule has 0 aromatic carbocycles. The second-order valence-corrected chi connectivity index (χ2v) is 4.90. The quantitative estimate of drug-likeness (QED) is 0.928. The second-order valence-electron chi connectivity index (χ2n) is 3.20. The maximum Gasteiger partial charge on any atom is 0.0538 e. The summed E-state index contributed by atoms with van der Waals surface area (Å²) in [4.78, 5) is 4.09. The Labute approximate surface area is 101 Å². The van der Waals surface area contributed by atoms with Gasteiger partial charge in [-0.25, -0.2) is 0 Å². The number of hydrogen-bond acceptors (Lipinski definition) is 3. The van der Waals surface area contributed by atoms with E-state index in [2.05, 4.69) is 43.1 Å². The zero-order chi connectivity index (χ0) is 10.5. The van der Waals surface area contributed by atoms with E-state index in [-0.39, 0.29) is 0 Å². The van der Waals surface area contributed by atoms with Gasteiger partial charge >= 0.3 is 0 Å². The molecule has 2 rings (SSSR count). The standard InChI is InChI=1S/C11H11BrN2S/c12-10-5-11(7-13-6-10)14-3-1-9-2-4-15-8-9/h2,4-8,14H,1,3H2. The van der Waals surface area contributed by atoms with E-state index in [1.54, 1.807) is 17.5 Å². The molecule has 0 aliphatic heterocycles. The fraction of sp³-hybridized carbons (Fsp3) is 0.182. The molecule has 0 amide bonds. The topological polar surface area (TPSA) is 24.9 Å². The molecule has 78 valence electrons. The molecule has 0 saturated carbocycles. The number of aromatic nitrogens is 1. The number of nitrogens with one attached hydrogen (secondary N) is 1. The summed E-state index contributed by atoms with van der Waals surface area (Å²) in [6, 6.07) is 4.19. The average Bonchev–Trinajstić information content (AvgIpc) is 2.71. The van der Waals surface area contributed by atoms with Gasteiger partial charge in [-0.2, -0.15) is 11.3 Å². The van der Waals surface area contributed by atoms with Crippen LogP contribution in [-0.4, -0.2) is 11.5 Å². The summed E-state index contributed by atoms with van der Waals surface area (Å²) >= 11 is 5.13. The zero-order valence-corrected chi connectivity index (χ0v) is 10.5. The van der Waals surface area contributed by atoms with Crippen LogP contribution in [0.4, 0.5) is 5.69 Å². The monoisotopic (exact) mass is 282 g/mol. The summed E-state index contributed by atoms with van der Waals surface area (Å²) in [6.45, 7) is 0.939. The highest BCUT2D eigenvalue weighted by atomic mass is 79.9. The van der Waals surface area contributed by atoms with Crippen molar-refractivity contribution in [2.75, 3.05) is 11.9 Å². The Bertz CT molecular complexity index is 414. The van der Waals surface area contributed by atoms with Crippen LogP contribution in [0.2, 0.25) is 0 Å². The Balaban J connectivity index is 1.83. The average molecular weight is 283 g/mol. The molecule has 0 bridgehead atoms. The molecule has 0 fully saturated rings. The van der Waals surface area contributed by atoms with Gasteiger partial charge in [0.05, 0.1) is 11.9 Å². The highest BCUT2D eigenvalue weighted by molar-refractivity contribution is 9.10.